The van der Waals surface area contributed by atoms with Crippen LogP contribution in [-0.4, -0.2) is 50.3 Å². The van der Waals surface area contributed by atoms with Crippen LogP contribution >= 0.6 is 11.3 Å². The Morgan fingerprint density at radius 3 is 2.32 bits per heavy atom. The molecule has 0 aliphatic heterocycles. The normalized spacial score (nSPS) is 11.6. The average molecular weight is 505 g/mol. The number of ether oxygens (including phenoxy) is 1. The fraction of sp³-hybridized carbons (Fsp3) is 0.320. The van der Waals surface area contributed by atoms with Crippen LogP contribution in [0.2, 0.25) is 0 Å². The van der Waals surface area contributed by atoms with Gasteiger partial charge >= 0.3 is 0 Å². The number of nitrogens with zero attached hydrogens (tertiary/aromatic N) is 2. The lowest BCUT2D eigenvalue weighted by Crippen LogP contribution is -2.43. The van der Waals surface area contributed by atoms with Crippen molar-refractivity contribution in [1.29, 1.82) is 0 Å². The third-order valence-electron chi connectivity index (χ3n) is 5.23. The van der Waals surface area contributed by atoms with E-state index in [1.54, 1.807) is 53.7 Å². The highest BCUT2D eigenvalue weighted by Gasteiger charge is 2.28. The molecule has 182 valence electrons. The van der Waals surface area contributed by atoms with E-state index < -0.39 is 10.0 Å². The van der Waals surface area contributed by atoms with Gasteiger partial charge in [-0.2, -0.15) is 4.31 Å². The summed E-state index contributed by atoms with van der Waals surface area (Å²) in [5.74, 6) is -0.680. The van der Waals surface area contributed by atoms with E-state index in [-0.39, 0.29) is 36.3 Å². The highest BCUT2D eigenvalue weighted by Crippen LogP contribution is 2.21. The Bertz CT molecular complexity index is 1170. The van der Waals surface area contributed by atoms with Gasteiger partial charge in [-0.1, -0.05) is 30.3 Å². The Morgan fingerprint density at radius 2 is 1.71 bits per heavy atom. The number of halogens is 1. The van der Waals surface area contributed by atoms with E-state index in [4.69, 9.17) is 4.74 Å². The topological polar surface area (TPSA) is 66.9 Å². The van der Waals surface area contributed by atoms with E-state index in [0.29, 0.717) is 19.6 Å². The number of carbonyl (C=O) groups excluding carboxylic acids is 1. The van der Waals surface area contributed by atoms with Gasteiger partial charge in [-0.3, -0.25) is 4.79 Å². The van der Waals surface area contributed by atoms with Crippen LogP contribution in [0.15, 0.2) is 71.6 Å². The smallest absolute Gasteiger partial charge is 0.243 e. The summed E-state index contributed by atoms with van der Waals surface area (Å²) in [7, 11) is -2.32. The molecule has 0 radical (unpaired) electrons. The average Bonchev–Trinajstić information content (AvgIpc) is 3.24. The molecular weight excluding hydrogens is 475 g/mol. The van der Waals surface area contributed by atoms with Crippen molar-refractivity contribution in [3.8, 4) is 0 Å². The third-order valence-corrected chi connectivity index (χ3v) is 8.08. The van der Waals surface area contributed by atoms with Gasteiger partial charge in [-0.25, -0.2) is 12.8 Å². The van der Waals surface area contributed by atoms with Gasteiger partial charge in [0, 0.05) is 36.6 Å². The van der Waals surface area contributed by atoms with Crippen molar-refractivity contribution in [3.05, 3.63) is 87.9 Å². The molecule has 0 saturated heterocycles. The zero-order valence-corrected chi connectivity index (χ0v) is 20.9. The summed E-state index contributed by atoms with van der Waals surface area (Å²) >= 11 is 1.58. The fourth-order valence-corrected chi connectivity index (χ4v) is 5.82. The summed E-state index contributed by atoms with van der Waals surface area (Å²) in [5, 5.41) is 0. The SMILES string of the molecule is COCCCN(CC(=O)N(Cc1ccc(F)cc1)Cc1ccc(C)s1)S(=O)(=O)c1ccccc1. The van der Waals surface area contributed by atoms with Crippen LogP contribution in [0.3, 0.4) is 0 Å². The number of methoxy groups -OCH3 is 1. The van der Waals surface area contributed by atoms with Crippen molar-refractivity contribution >= 4 is 27.3 Å². The Kier molecular flexibility index (Phi) is 9.35. The van der Waals surface area contributed by atoms with Gasteiger partial charge in [0.05, 0.1) is 18.0 Å². The first-order chi connectivity index (χ1) is 16.3. The van der Waals surface area contributed by atoms with Crippen molar-refractivity contribution in [1.82, 2.24) is 9.21 Å². The zero-order valence-electron chi connectivity index (χ0n) is 19.3. The van der Waals surface area contributed by atoms with E-state index in [0.717, 1.165) is 15.3 Å². The highest BCUT2D eigenvalue weighted by atomic mass is 32.2. The second-order valence-corrected chi connectivity index (χ2v) is 11.2. The molecule has 1 aromatic heterocycles. The summed E-state index contributed by atoms with van der Waals surface area (Å²) in [6.07, 6.45) is 0.456. The predicted octanol–water partition coefficient (Wildman–Crippen LogP) is 4.45. The summed E-state index contributed by atoms with van der Waals surface area (Å²) in [5.41, 5.74) is 0.764. The Hall–Kier alpha value is -2.59. The van der Waals surface area contributed by atoms with Crippen molar-refractivity contribution in [2.45, 2.75) is 31.3 Å². The zero-order chi connectivity index (χ0) is 24.6. The number of thiophene rings is 1. The maximum atomic E-state index is 13.5. The number of amides is 1. The molecular formula is C25H29FN2O4S2. The monoisotopic (exact) mass is 504 g/mol. The van der Waals surface area contributed by atoms with Gasteiger partial charge in [0.1, 0.15) is 5.82 Å². The third kappa shape index (κ3) is 7.20. The van der Waals surface area contributed by atoms with Gasteiger partial charge < -0.3 is 9.64 Å². The predicted molar refractivity (Wildman–Crippen MR) is 131 cm³/mol. The van der Waals surface area contributed by atoms with Gasteiger partial charge in [-0.05, 0) is 55.3 Å². The van der Waals surface area contributed by atoms with Gasteiger partial charge in [0.25, 0.3) is 0 Å². The lowest BCUT2D eigenvalue weighted by atomic mass is 10.2. The second kappa shape index (κ2) is 12.2. The summed E-state index contributed by atoms with van der Waals surface area (Å²) in [6.45, 7) is 2.80. The largest absolute Gasteiger partial charge is 0.385 e. The number of hydrogen-bond donors (Lipinski definition) is 0. The van der Waals surface area contributed by atoms with E-state index in [2.05, 4.69) is 0 Å². The quantitative estimate of drug-likeness (QED) is 0.342. The number of benzene rings is 2. The Morgan fingerprint density at radius 1 is 1.00 bits per heavy atom. The molecule has 9 heteroatoms. The molecule has 0 aliphatic carbocycles. The molecule has 1 heterocycles. The standard InChI is InChI=1S/C25H29FN2O4S2/c1-20-9-14-23(33-20)18-27(17-21-10-12-22(26)13-11-21)25(29)19-28(15-6-16-32-2)34(30,31)24-7-4-3-5-8-24/h3-5,7-14H,6,15-19H2,1-2H3. The molecule has 0 unspecified atom stereocenters. The van der Waals surface area contributed by atoms with Gasteiger partial charge in [0.15, 0.2) is 0 Å². The molecule has 2 aromatic carbocycles. The molecule has 6 nitrogen and oxygen atoms in total. The van der Waals surface area contributed by atoms with Crippen LogP contribution in [0.1, 0.15) is 21.7 Å². The molecule has 3 rings (SSSR count). The molecule has 0 aliphatic rings. The van der Waals surface area contributed by atoms with Crippen molar-refractivity contribution in [3.63, 3.8) is 0 Å². The number of sulfonamides is 1. The van der Waals surface area contributed by atoms with Gasteiger partial charge in [-0.15, -0.1) is 11.3 Å². The molecule has 0 atom stereocenters. The summed E-state index contributed by atoms with van der Waals surface area (Å²) < 4.78 is 46.3. The molecule has 0 bridgehead atoms. The van der Waals surface area contributed by atoms with E-state index in [1.807, 2.05) is 19.1 Å². The van der Waals surface area contributed by atoms with Crippen molar-refractivity contribution < 1.29 is 22.3 Å². The van der Waals surface area contributed by atoms with E-state index in [9.17, 15) is 17.6 Å². The number of rotatable bonds is 12. The van der Waals surface area contributed by atoms with Crippen LogP contribution in [0.25, 0.3) is 0 Å². The van der Waals surface area contributed by atoms with Crippen LogP contribution in [-0.2, 0) is 32.6 Å². The highest BCUT2D eigenvalue weighted by molar-refractivity contribution is 7.89. The molecule has 0 fully saturated rings. The summed E-state index contributed by atoms with van der Waals surface area (Å²) in [6, 6.07) is 18.0. The molecule has 0 N–H and O–H groups in total. The Labute approximate surface area is 204 Å². The first kappa shape index (κ1) is 26.0. The first-order valence-electron chi connectivity index (χ1n) is 10.9. The number of hydrogen-bond acceptors (Lipinski definition) is 5. The van der Waals surface area contributed by atoms with Gasteiger partial charge in [0.2, 0.25) is 15.9 Å². The van der Waals surface area contributed by atoms with Crippen molar-refractivity contribution in [2.75, 3.05) is 26.8 Å². The maximum absolute atomic E-state index is 13.5. The minimum Gasteiger partial charge on any atom is -0.385 e. The molecule has 0 saturated carbocycles. The van der Waals surface area contributed by atoms with Crippen molar-refractivity contribution in [2.24, 2.45) is 0 Å². The number of aryl methyl sites for hydroxylation is 1. The number of carbonyl (C=O) groups is 1. The molecule has 34 heavy (non-hydrogen) atoms. The van der Waals surface area contributed by atoms with Crippen LogP contribution in [0, 0.1) is 12.7 Å². The minimum absolute atomic E-state index is 0.138. The maximum Gasteiger partial charge on any atom is 0.243 e. The molecule has 1 amide bonds. The van der Waals surface area contributed by atoms with Crippen LogP contribution in [0.4, 0.5) is 4.39 Å². The lowest BCUT2D eigenvalue weighted by Gasteiger charge is -2.27. The fourth-order valence-electron chi connectivity index (χ4n) is 3.46. The van der Waals surface area contributed by atoms with E-state index >= 15 is 0 Å². The second-order valence-electron chi connectivity index (χ2n) is 7.89. The molecule has 0 spiro atoms. The summed E-state index contributed by atoms with van der Waals surface area (Å²) in [4.78, 5) is 17.3. The minimum atomic E-state index is -3.87. The first-order valence-corrected chi connectivity index (χ1v) is 13.2. The van der Waals surface area contributed by atoms with Crippen LogP contribution < -0.4 is 0 Å². The van der Waals surface area contributed by atoms with Crippen LogP contribution in [0.5, 0.6) is 0 Å². The Balaban J connectivity index is 1.85. The van der Waals surface area contributed by atoms with E-state index in [1.165, 1.54) is 28.6 Å². The molecule has 3 aromatic rings. The lowest BCUT2D eigenvalue weighted by molar-refractivity contribution is -0.132.